The standard InChI is InChI=1S/C14H14N2O5/c1-19-11-8-12(20-2)16-14(15-11)21-10-5-3-9(4-6-10)7-13(17)18/h3-6,8H,7H2,1-2H3,(H,17,18). The van der Waals surface area contributed by atoms with E-state index in [1.54, 1.807) is 24.3 Å². The Labute approximate surface area is 121 Å². The van der Waals surface area contributed by atoms with Crippen molar-refractivity contribution < 1.29 is 24.1 Å². The molecule has 0 amide bonds. The molecule has 7 nitrogen and oxygen atoms in total. The third-order valence-corrected chi connectivity index (χ3v) is 2.56. The van der Waals surface area contributed by atoms with Crippen LogP contribution in [-0.2, 0) is 11.2 Å². The molecule has 0 aliphatic heterocycles. The van der Waals surface area contributed by atoms with Crippen molar-refractivity contribution in [3.05, 3.63) is 35.9 Å². The average Bonchev–Trinajstić information content (AvgIpc) is 2.48. The maximum atomic E-state index is 10.6. The van der Waals surface area contributed by atoms with E-state index in [2.05, 4.69) is 9.97 Å². The summed E-state index contributed by atoms with van der Waals surface area (Å²) in [6, 6.07) is 8.24. The highest BCUT2D eigenvalue weighted by atomic mass is 16.5. The second kappa shape index (κ2) is 6.56. The number of benzene rings is 1. The highest BCUT2D eigenvalue weighted by molar-refractivity contribution is 5.70. The van der Waals surface area contributed by atoms with Gasteiger partial charge in [-0.15, -0.1) is 0 Å². The first-order valence-corrected chi connectivity index (χ1v) is 6.06. The van der Waals surface area contributed by atoms with Crippen molar-refractivity contribution in [3.8, 4) is 23.5 Å². The number of methoxy groups -OCH3 is 2. The van der Waals surface area contributed by atoms with Gasteiger partial charge >= 0.3 is 12.0 Å². The molecule has 1 N–H and O–H groups in total. The molecule has 0 saturated carbocycles. The number of aromatic nitrogens is 2. The maximum Gasteiger partial charge on any atom is 0.328 e. The summed E-state index contributed by atoms with van der Waals surface area (Å²) in [7, 11) is 2.96. The molecule has 21 heavy (non-hydrogen) atoms. The zero-order valence-corrected chi connectivity index (χ0v) is 11.6. The third-order valence-electron chi connectivity index (χ3n) is 2.56. The molecule has 7 heteroatoms. The van der Waals surface area contributed by atoms with Crippen LogP contribution in [0.1, 0.15) is 5.56 Å². The summed E-state index contributed by atoms with van der Waals surface area (Å²) >= 11 is 0. The predicted molar refractivity (Wildman–Crippen MR) is 73.0 cm³/mol. The number of nitrogens with zero attached hydrogens (tertiary/aromatic N) is 2. The van der Waals surface area contributed by atoms with Crippen molar-refractivity contribution in [3.63, 3.8) is 0 Å². The molecule has 0 aliphatic rings. The molecule has 2 aromatic rings. The van der Waals surface area contributed by atoms with E-state index < -0.39 is 5.97 Å². The molecule has 1 aromatic carbocycles. The van der Waals surface area contributed by atoms with Crippen LogP contribution in [0.2, 0.25) is 0 Å². The number of hydrogen-bond acceptors (Lipinski definition) is 6. The Morgan fingerprint density at radius 2 is 1.67 bits per heavy atom. The SMILES string of the molecule is COc1cc(OC)nc(Oc2ccc(CC(=O)O)cc2)n1. The van der Waals surface area contributed by atoms with Gasteiger partial charge in [0.15, 0.2) is 0 Å². The van der Waals surface area contributed by atoms with Gasteiger partial charge in [-0.05, 0) is 17.7 Å². The van der Waals surface area contributed by atoms with Crippen molar-refractivity contribution in [2.24, 2.45) is 0 Å². The molecule has 110 valence electrons. The molecule has 0 bridgehead atoms. The predicted octanol–water partition coefficient (Wildman–Crippen LogP) is 1.91. The lowest BCUT2D eigenvalue weighted by molar-refractivity contribution is -0.136. The summed E-state index contributed by atoms with van der Waals surface area (Å²) in [6.07, 6.45) is -0.0379. The van der Waals surface area contributed by atoms with Crippen molar-refractivity contribution in [2.75, 3.05) is 14.2 Å². The molecule has 0 unspecified atom stereocenters. The molecule has 0 aliphatic carbocycles. The van der Waals surface area contributed by atoms with Crippen LogP contribution in [0.3, 0.4) is 0 Å². The highest BCUT2D eigenvalue weighted by Gasteiger charge is 2.08. The number of carboxylic acid groups (broad SMARTS) is 1. The molecule has 1 aromatic heterocycles. The Morgan fingerprint density at radius 1 is 1.10 bits per heavy atom. The van der Waals surface area contributed by atoms with Gasteiger partial charge in [-0.25, -0.2) is 0 Å². The van der Waals surface area contributed by atoms with Crippen LogP contribution in [0.4, 0.5) is 0 Å². The number of carbonyl (C=O) groups is 1. The Kier molecular flexibility index (Phi) is 4.55. The lowest BCUT2D eigenvalue weighted by Gasteiger charge is -2.07. The van der Waals surface area contributed by atoms with Crippen LogP contribution in [-0.4, -0.2) is 35.3 Å². The van der Waals surface area contributed by atoms with Crippen LogP contribution >= 0.6 is 0 Å². The molecule has 2 rings (SSSR count). The molecular weight excluding hydrogens is 276 g/mol. The maximum absolute atomic E-state index is 10.6. The Balaban J connectivity index is 2.15. The van der Waals surface area contributed by atoms with E-state index in [9.17, 15) is 4.79 Å². The zero-order chi connectivity index (χ0) is 15.2. The second-order valence-corrected chi connectivity index (χ2v) is 4.05. The number of carboxylic acids is 1. The molecule has 1 heterocycles. The van der Waals surface area contributed by atoms with Crippen LogP contribution in [0.15, 0.2) is 30.3 Å². The Bertz CT molecular complexity index is 606. The van der Waals surface area contributed by atoms with Gasteiger partial charge in [-0.3, -0.25) is 4.79 Å². The molecule has 0 saturated heterocycles. The van der Waals surface area contributed by atoms with E-state index in [0.29, 0.717) is 23.1 Å². The Hall–Kier alpha value is -2.83. The smallest absolute Gasteiger partial charge is 0.328 e. The van der Waals surface area contributed by atoms with Gasteiger partial charge in [-0.1, -0.05) is 12.1 Å². The highest BCUT2D eigenvalue weighted by Crippen LogP contribution is 2.23. The van der Waals surface area contributed by atoms with E-state index in [-0.39, 0.29) is 12.4 Å². The summed E-state index contributed by atoms with van der Waals surface area (Å²) in [5, 5.41) is 8.71. The first-order valence-electron chi connectivity index (χ1n) is 6.06. The van der Waals surface area contributed by atoms with Crippen molar-refractivity contribution in [1.82, 2.24) is 9.97 Å². The van der Waals surface area contributed by atoms with Gasteiger partial charge in [0.05, 0.1) is 26.7 Å². The van der Waals surface area contributed by atoms with Crippen molar-refractivity contribution in [1.29, 1.82) is 0 Å². The van der Waals surface area contributed by atoms with Crippen molar-refractivity contribution in [2.45, 2.75) is 6.42 Å². The average molecular weight is 290 g/mol. The zero-order valence-electron chi connectivity index (χ0n) is 11.6. The van der Waals surface area contributed by atoms with E-state index in [0.717, 1.165) is 0 Å². The number of aliphatic carboxylic acids is 1. The number of rotatable bonds is 6. The summed E-state index contributed by atoms with van der Waals surface area (Å²) in [4.78, 5) is 18.7. The van der Waals surface area contributed by atoms with Gasteiger partial charge in [0.1, 0.15) is 5.75 Å². The summed E-state index contributed by atoms with van der Waals surface area (Å²) < 4.78 is 15.5. The minimum absolute atomic E-state index is 0.0379. The summed E-state index contributed by atoms with van der Waals surface area (Å²) in [5.41, 5.74) is 0.680. The van der Waals surface area contributed by atoms with E-state index >= 15 is 0 Å². The largest absolute Gasteiger partial charge is 0.481 e. The summed E-state index contributed by atoms with van der Waals surface area (Å²) in [5.74, 6) is 0.239. The van der Waals surface area contributed by atoms with Gasteiger partial charge in [-0.2, -0.15) is 9.97 Å². The fraction of sp³-hybridized carbons (Fsp3) is 0.214. The van der Waals surface area contributed by atoms with Crippen molar-refractivity contribution >= 4 is 5.97 Å². The molecule has 0 fully saturated rings. The van der Waals surface area contributed by atoms with Gasteiger partial charge in [0.25, 0.3) is 0 Å². The van der Waals surface area contributed by atoms with Crippen LogP contribution in [0, 0.1) is 0 Å². The Morgan fingerprint density at radius 3 is 2.14 bits per heavy atom. The quantitative estimate of drug-likeness (QED) is 0.868. The normalized spacial score (nSPS) is 10.0. The first kappa shape index (κ1) is 14.6. The lowest BCUT2D eigenvalue weighted by atomic mass is 10.1. The van der Waals surface area contributed by atoms with Crippen LogP contribution in [0.25, 0.3) is 0 Å². The fourth-order valence-electron chi connectivity index (χ4n) is 1.59. The summed E-state index contributed by atoms with van der Waals surface area (Å²) in [6.45, 7) is 0. The van der Waals surface area contributed by atoms with E-state index in [1.165, 1.54) is 20.3 Å². The minimum Gasteiger partial charge on any atom is -0.481 e. The lowest BCUT2D eigenvalue weighted by Crippen LogP contribution is -2.00. The topological polar surface area (TPSA) is 90.8 Å². The minimum atomic E-state index is -0.885. The first-order chi connectivity index (χ1) is 10.1. The van der Waals surface area contributed by atoms with Crippen LogP contribution in [0.5, 0.6) is 23.5 Å². The fourth-order valence-corrected chi connectivity index (χ4v) is 1.59. The second-order valence-electron chi connectivity index (χ2n) is 4.05. The molecule has 0 spiro atoms. The third kappa shape index (κ3) is 4.07. The van der Waals surface area contributed by atoms with E-state index in [1.807, 2.05) is 0 Å². The molecular formula is C14H14N2O5. The number of ether oxygens (including phenoxy) is 3. The van der Waals surface area contributed by atoms with Crippen LogP contribution < -0.4 is 14.2 Å². The van der Waals surface area contributed by atoms with Gasteiger partial charge in [0.2, 0.25) is 11.8 Å². The monoisotopic (exact) mass is 290 g/mol. The van der Waals surface area contributed by atoms with Gasteiger partial charge < -0.3 is 19.3 Å². The molecule has 0 atom stereocenters. The van der Waals surface area contributed by atoms with Gasteiger partial charge in [0, 0.05) is 0 Å². The number of hydrogen-bond donors (Lipinski definition) is 1. The molecule has 0 radical (unpaired) electrons. The van der Waals surface area contributed by atoms with E-state index in [4.69, 9.17) is 19.3 Å².